The molecular formula is C13H23N. The Morgan fingerprint density at radius 3 is 2.64 bits per heavy atom. The number of rotatable bonds is 5. The second-order valence-corrected chi connectivity index (χ2v) is 4.10. The average molecular weight is 193 g/mol. The van der Waals surface area contributed by atoms with Crippen LogP contribution in [0.5, 0.6) is 0 Å². The predicted octanol–water partition coefficient (Wildman–Crippen LogP) is 3.99. The van der Waals surface area contributed by atoms with Crippen molar-refractivity contribution in [2.45, 2.75) is 52.9 Å². The van der Waals surface area contributed by atoms with Crippen molar-refractivity contribution in [1.82, 2.24) is 0 Å². The van der Waals surface area contributed by atoms with Gasteiger partial charge in [-0.15, -0.1) is 0 Å². The molecule has 80 valence electrons. The maximum absolute atomic E-state index is 4.62. The van der Waals surface area contributed by atoms with Gasteiger partial charge in [0.15, 0.2) is 0 Å². The van der Waals surface area contributed by atoms with Gasteiger partial charge in [-0.25, -0.2) is 0 Å². The first-order chi connectivity index (χ1) is 6.81. The van der Waals surface area contributed by atoms with Crippen molar-refractivity contribution in [3.05, 3.63) is 11.6 Å². The molecule has 0 amide bonds. The first kappa shape index (κ1) is 11.5. The monoisotopic (exact) mass is 193 g/mol. The van der Waals surface area contributed by atoms with Crippen LogP contribution in [0.1, 0.15) is 52.9 Å². The van der Waals surface area contributed by atoms with Crippen LogP contribution in [0, 0.1) is 5.92 Å². The molecule has 1 heterocycles. The van der Waals surface area contributed by atoms with E-state index in [2.05, 4.69) is 31.8 Å². The molecule has 1 heteroatoms. The molecule has 0 aromatic carbocycles. The van der Waals surface area contributed by atoms with E-state index in [1.165, 1.54) is 31.4 Å². The lowest BCUT2D eigenvalue weighted by Crippen LogP contribution is -2.15. The van der Waals surface area contributed by atoms with Crippen molar-refractivity contribution < 1.29 is 0 Å². The van der Waals surface area contributed by atoms with Gasteiger partial charge in [-0.2, -0.15) is 0 Å². The Labute approximate surface area is 88.3 Å². The summed E-state index contributed by atoms with van der Waals surface area (Å²) in [7, 11) is 0. The number of dihydropyridines is 1. The van der Waals surface area contributed by atoms with Crippen molar-refractivity contribution in [3.63, 3.8) is 0 Å². The molecule has 0 N–H and O–H groups in total. The van der Waals surface area contributed by atoms with E-state index < -0.39 is 0 Å². The summed E-state index contributed by atoms with van der Waals surface area (Å²) in [5.74, 6) is 0.746. The highest BCUT2D eigenvalue weighted by molar-refractivity contribution is 5.96. The van der Waals surface area contributed by atoms with Crippen LogP contribution in [-0.2, 0) is 0 Å². The van der Waals surface area contributed by atoms with E-state index in [-0.39, 0.29) is 0 Å². The molecule has 0 aromatic heterocycles. The molecule has 1 aliphatic rings. The number of unbranched alkanes of at least 4 members (excludes halogenated alkanes) is 1. The fourth-order valence-electron chi connectivity index (χ4n) is 2.05. The first-order valence-corrected chi connectivity index (χ1v) is 6.05. The summed E-state index contributed by atoms with van der Waals surface area (Å²) in [6, 6.07) is 0. The fourth-order valence-corrected chi connectivity index (χ4v) is 2.05. The van der Waals surface area contributed by atoms with Gasteiger partial charge in [-0.05, 0) is 31.3 Å². The van der Waals surface area contributed by atoms with Gasteiger partial charge in [0.1, 0.15) is 0 Å². The predicted molar refractivity (Wildman–Crippen MR) is 64.0 cm³/mol. The minimum atomic E-state index is 0.746. The average Bonchev–Trinajstić information content (AvgIpc) is 2.26. The molecule has 0 aliphatic carbocycles. The molecule has 0 bridgehead atoms. The van der Waals surface area contributed by atoms with Crippen LogP contribution in [0.15, 0.2) is 16.6 Å². The first-order valence-electron chi connectivity index (χ1n) is 6.05. The van der Waals surface area contributed by atoms with E-state index in [0.717, 1.165) is 18.9 Å². The molecule has 0 spiro atoms. The molecule has 0 radical (unpaired) electrons. The summed E-state index contributed by atoms with van der Waals surface area (Å²) in [5, 5.41) is 0. The van der Waals surface area contributed by atoms with E-state index in [1.54, 1.807) is 5.57 Å². The highest BCUT2D eigenvalue weighted by Crippen LogP contribution is 2.25. The summed E-state index contributed by atoms with van der Waals surface area (Å²) in [6.07, 6.45) is 8.61. The normalized spacial score (nSPS) is 21.8. The third kappa shape index (κ3) is 2.97. The Balaban J connectivity index is 2.56. The Bertz CT molecular complexity index is 225. The van der Waals surface area contributed by atoms with Crippen molar-refractivity contribution in [2.24, 2.45) is 10.9 Å². The van der Waals surface area contributed by atoms with Gasteiger partial charge in [0, 0.05) is 12.3 Å². The van der Waals surface area contributed by atoms with Crippen LogP contribution in [0.2, 0.25) is 0 Å². The number of nitrogens with zero attached hydrogens (tertiary/aromatic N) is 1. The molecule has 1 atom stereocenters. The van der Waals surface area contributed by atoms with Crippen molar-refractivity contribution >= 4 is 5.71 Å². The lowest BCUT2D eigenvalue weighted by atomic mass is 9.88. The third-order valence-electron chi connectivity index (χ3n) is 3.07. The summed E-state index contributed by atoms with van der Waals surface area (Å²) < 4.78 is 0. The minimum Gasteiger partial charge on any atom is -0.289 e. The number of aliphatic imine (C=N–C) groups is 1. The minimum absolute atomic E-state index is 0.746. The van der Waals surface area contributed by atoms with E-state index in [1.807, 2.05) is 0 Å². The van der Waals surface area contributed by atoms with Crippen LogP contribution in [0.25, 0.3) is 0 Å². The summed E-state index contributed by atoms with van der Waals surface area (Å²) in [6.45, 7) is 7.76. The van der Waals surface area contributed by atoms with Gasteiger partial charge in [0.05, 0.1) is 0 Å². The van der Waals surface area contributed by atoms with Crippen molar-refractivity contribution in [2.75, 3.05) is 6.54 Å². The van der Waals surface area contributed by atoms with Crippen molar-refractivity contribution in [3.8, 4) is 0 Å². The largest absolute Gasteiger partial charge is 0.289 e. The molecular weight excluding hydrogens is 170 g/mol. The van der Waals surface area contributed by atoms with Crippen molar-refractivity contribution in [1.29, 1.82) is 0 Å². The van der Waals surface area contributed by atoms with Crippen LogP contribution >= 0.6 is 0 Å². The van der Waals surface area contributed by atoms with Crippen LogP contribution in [0.3, 0.4) is 0 Å². The number of hydrogen-bond donors (Lipinski definition) is 0. The third-order valence-corrected chi connectivity index (χ3v) is 3.07. The van der Waals surface area contributed by atoms with E-state index >= 15 is 0 Å². The van der Waals surface area contributed by atoms with Crippen LogP contribution < -0.4 is 0 Å². The quantitative estimate of drug-likeness (QED) is 0.626. The molecule has 0 fully saturated rings. The lowest BCUT2D eigenvalue weighted by Gasteiger charge is -2.22. The van der Waals surface area contributed by atoms with E-state index in [4.69, 9.17) is 0 Å². The highest BCUT2D eigenvalue weighted by Gasteiger charge is 2.16. The van der Waals surface area contributed by atoms with Gasteiger partial charge in [0.2, 0.25) is 0 Å². The van der Waals surface area contributed by atoms with Gasteiger partial charge in [-0.1, -0.05) is 39.2 Å². The second kappa shape index (κ2) is 6.00. The fraction of sp³-hybridized carbons (Fsp3) is 0.769. The maximum atomic E-state index is 4.62. The summed E-state index contributed by atoms with van der Waals surface area (Å²) in [4.78, 5) is 4.62. The SMILES string of the molecule is CCCCC1CN=C(CC)C=C1CC. The molecule has 1 unspecified atom stereocenters. The standard InChI is InChI=1S/C13H23N/c1-4-7-8-12-10-14-13(6-3)9-11(12)5-2/h9,12H,4-8,10H2,1-3H3. The van der Waals surface area contributed by atoms with E-state index in [0.29, 0.717) is 0 Å². The molecule has 0 saturated carbocycles. The molecule has 14 heavy (non-hydrogen) atoms. The van der Waals surface area contributed by atoms with Crippen LogP contribution in [-0.4, -0.2) is 12.3 Å². The molecule has 1 aliphatic heterocycles. The van der Waals surface area contributed by atoms with Gasteiger partial charge in [0.25, 0.3) is 0 Å². The zero-order valence-corrected chi connectivity index (χ0v) is 9.84. The molecule has 1 rings (SSSR count). The number of allylic oxidation sites excluding steroid dienone is 1. The van der Waals surface area contributed by atoms with Gasteiger partial charge in [-0.3, -0.25) is 4.99 Å². The highest BCUT2D eigenvalue weighted by atomic mass is 14.8. The van der Waals surface area contributed by atoms with E-state index in [9.17, 15) is 0 Å². The van der Waals surface area contributed by atoms with Crippen LogP contribution in [0.4, 0.5) is 0 Å². The Morgan fingerprint density at radius 2 is 2.07 bits per heavy atom. The topological polar surface area (TPSA) is 12.4 Å². The smallest absolute Gasteiger partial charge is 0.0458 e. The molecule has 1 nitrogen and oxygen atoms in total. The lowest BCUT2D eigenvalue weighted by molar-refractivity contribution is 0.523. The zero-order valence-electron chi connectivity index (χ0n) is 9.84. The maximum Gasteiger partial charge on any atom is 0.0458 e. The molecule has 0 saturated heterocycles. The Morgan fingerprint density at radius 1 is 1.29 bits per heavy atom. The summed E-state index contributed by atoms with van der Waals surface area (Å²) >= 11 is 0. The van der Waals surface area contributed by atoms with Gasteiger partial charge < -0.3 is 0 Å². The zero-order chi connectivity index (χ0) is 10.4. The Kier molecular flexibility index (Phi) is 4.92. The second-order valence-electron chi connectivity index (χ2n) is 4.10. The number of hydrogen-bond acceptors (Lipinski definition) is 1. The molecule has 0 aromatic rings. The van der Waals surface area contributed by atoms with Gasteiger partial charge >= 0.3 is 0 Å². The summed E-state index contributed by atoms with van der Waals surface area (Å²) in [5.41, 5.74) is 2.93. The Hall–Kier alpha value is -0.590.